The number of hydrogen-bond donors (Lipinski definition) is 2. The number of thiazole rings is 1. The Morgan fingerprint density at radius 2 is 2.05 bits per heavy atom. The molecular weight excluding hydrogens is 274 g/mol. The van der Waals surface area contributed by atoms with Crippen LogP contribution in [-0.4, -0.2) is 22.5 Å². The number of aryl methyl sites for hydroxylation is 1. The number of imide groups is 1. The first-order chi connectivity index (χ1) is 9.14. The summed E-state index contributed by atoms with van der Waals surface area (Å²) in [5.41, 5.74) is -0.278. The molecular formula is C14H21N3O2S. The first-order valence-electron chi connectivity index (χ1n) is 6.49. The molecule has 1 rings (SSSR count). The largest absolute Gasteiger partial charge is 0.308 e. The van der Waals surface area contributed by atoms with Crippen LogP contribution >= 0.6 is 11.3 Å². The highest BCUT2D eigenvalue weighted by Crippen LogP contribution is 2.30. The monoisotopic (exact) mass is 295 g/mol. The second-order valence-electron chi connectivity index (χ2n) is 5.59. The fourth-order valence-electron chi connectivity index (χ4n) is 1.51. The number of aromatic nitrogens is 1. The molecule has 6 heteroatoms. The van der Waals surface area contributed by atoms with Crippen LogP contribution in [0.5, 0.6) is 0 Å². The molecule has 0 radical (unpaired) electrons. The Bertz CT molecular complexity index is 532. The van der Waals surface area contributed by atoms with Gasteiger partial charge in [0.15, 0.2) is 0 Å². The minimum absolute atomic E-state index is 0.0809. The van der Waals surface area contributed by atoms with Gasteiger partial charge in [-0.3, -0.25) is 14.9 Å². The van der Waals surface area contributed by atoms with Crippen LogP contribution in [0.2, 0.25) is 0 Å². The van der Waals surface area contributed by atoms with Gasteiger partial charge in [0, 0.05) is 28.1 Å². The molecule has 0 saturated heterocycles. The summed E-state index contributed by atoms with van der Waals surface area (Å²) in [6.45, 7) is 9.12. The fourth-order valence-corrected chi connectivity index (χ4v) is 2.41. The molecule has 1 aromatic rings. The summed E-state index contributed by atoms with van der Waals surface area (Å²) < 4.78 is 0. The summed E-state index contributed by atoms with van der Waals surface area (Å²) >= 11 is 1.52. The maximum atomic E-state index is 11.8. The second kappa shape index (κ2) is 6.26. The predicted molar refractivity (Wildman–Crippen MR) is 80.2 cm³/mol. The van der Waals surface area contributed by atoms with E-state index < -0.39 is 11.3 Å². The summed E-state index contributed by atoms with van der Waals surface area (Å²) in [6.07, 6.45) is 1.66. The number of nitrogens with zero attached hydrogens (tertiary/aromatic N) is 1. The molecule has 0 fully saturated rings. The van der Waals surface area contributed by atoms with Gasteiger partial charge in [0.05, 0.1) is 11.4 Å². The Kier molecular flexibility index (Phi) is 5.16. The summed E-state index contributed by atoms with van der Waals surface area (Å²) in [4.78, 5) is 28.3. The molecule has 0 aliphatic carbocycles. The number of hydrogen-bond acceptors (Lipinski definition) is 5. The van der Waals surface area contributed by atoms with Crippen molar-refractivity contribution in [2.45, 2.75) is 46.5 Å². The molecule has 0 saturated carbocycles. The summed E-state index contributed by atoms with van der Waals surface area (Å²) in [6, 6.07) is 0. The van der Waals surface area contributed by atoms with Crippen molar-refractivity contribution in [2.75, 3.05) is 0 Å². The molecule has 0 aliphatic heterocycles. The fraction of sp³-hybridized carbons (Fsp3) is 0.571. The normalized spacial score (nSPS) is 11.5. The molecule has 0 spiro atoms. The topological polar surface area (TPSA) is 82.9 Å². The zero-order valence-electron chi connectivity index (χ0n) is 12.5. The van der Waals surface area contributed by atoms with E-state index in [1.807, 2.05) is 20.8 Å². The smallest absolute Gasteiger partial charge is 0.232 e. The molecule has 0 atom stereocenters. The van der Waals surface area contributed by atoms with Crippen molar-refractivity contribution in [3.05, 3.63) is 16.1 Å². The first kappa shape index (κ1) is 16.5. The Morgan fingerprint density at radius 1 is 1.45 bits per heavy atom. The van der Waals surface area contributed by atoms with Crippen LogP contribution < -0.4 is 5.32 Å². The van der Waals surface area contributed by atoms with E-state index in [2.05, 4.69) is 10.3 Å². The van der Waals surface area contributed by atoms with Gasteiger partial charge in [0.1, 0.15) is 0 Å². The number of rotatable bonds is 5. The van der Waals surface area contributed by atoms with Crippen molar-refractivity contribution < 1.29 is 9.59 Å². The van der Waals surface area contributed by atoms with Crippen molar-refractivity contribution >= 4 is 28.9 Å². The van der Waals surface area contributed by atoms with Crippen LogP contribution in [0.25, 0.3) is 0 Å². The third-order valence-electron chi connectivity index (χ3n) is 3.12. The van der Waals surface area contributed by atoms with E-state index in [1.165, 1.54) is 11.3 Å². The lowest BCUT2D eigenvalue weighted by molar-refractivity contribution is -0.131. The van der Waals surface area contributed by atoms with Crippen LogP contribution in [-0.2, 0) is 15.0 Å². The van der Waals surface area contributed by atoms with E-state index >= 15 is 0 Å². The van der Waals surface area contributed by atoms with E-state index in [0.29, 0.717) is 0 Å². The second-order valence-corrected chi connectivity index (χ2v) is 6.83. The van der Waals surface area contributed by atoms with Gasteiger partial charge in [0.2, 0.25) is 11.8 Å². The number of carbonyl (C=O) groups excluding carboxylic acids is 2. The minimum Gasteiger partial charge on any atom is -0.308 e. The van der Waals surface area contributed by atoms with Crippen LogP contribution in [0.1, 0.15) is 44.0 Å². The van der Waals surface area contributed by atoms with Gasteiger partial charge in [0.25, 0.3) is 0 Å². The third kappa shape index (κ3) is 3.96. The molecule has 2 N–H and O–H groups in total. The van der Waals surface area contributed by atoms with Gasteiger partial charge in [-0.15, -0.1) is 11.3 Å². The lowest BCUT2D eigenvalue weighted by Gasteiger charge is -2.23. The van der Waals surface area contributed by atoms with Gasteiger partial charge < -0.3 is 5.41 Å². The van der Waals surface area contributed by atoms with Gasteiger partial charge in [-0.05, 0) is 20.8 Å². The van der Waals surface area contributed by atoms with Gasteiger partial charge >= 0.3 is 0 Å². The number of carbonyl (C=O) groups is 2. The lowest BCUT2D eigenvalue weighted by atomic mass is 9.84. The third-order valence-corrected chi connectivity index (χ3v) is 4.35. The summed E-state index contributed by atoms with van der Waals surface area (Å²) in [5, 5.41) is 11.4. The minimum atomic E-state index is -0.551. The van der Waals surface area contributed by atoms with E-state index in [9.17, 15) is 9.59 Å². The molecule has 2 amide bonds. The average molecular weight is 295 g/mol. The molecule has 1 aromatic heterocycles. The molecule has 0 aromatic carbocycles. The Hall–Kier alpha value is -1.56. The van der Waals surface area contributed by atoms with E-state index in [1.54, 1.807) is 20.0 Å². The molecule has 0 unspecified atom stereocenters. The lowest BCUT2D eigenvalue weighted by Crippen LogP contribution is -2.38. The number of amides is 2. The van der Waals surface area contributed by atoms with Crippen molar-refractivity contribution in [3.63, 3.8) is 0 Å². The van der Waals surface area contributed by atoms with Crippen LogP contribution in [0, 0.1) is 18.3 Å². The van der Waals surface area contributed by atoms with Crippen molar-refractivity contribution in [1.82, 2.24) is 10.3 Å². The highest BCUT2D eigenvalue weighted by Gasteiger charge is 2.30. The molecule has 110 valence electrons. The highest BCUT2D eigenvalue weighted by atomic mass is 32.1. The maximum Gasteiger partial charge on any atom is 0.232 e. The zero-order chi connectivity index (χ0) is 15.5. The van der Waals surface area contributed by atoms with E-state index in [-0.39, 0.29) is 24.0 Å². The number of nitrogens with one attached hydrogen (secondary N) is 2. The van der Waals surface area contributed by atoms with Crippen LogP contribution in [0.3, 0.4) is 0 Å². The van der Waals surface area contributed by atoms with E-state index in [4.69, 9.17) is 5.41 Å². The predicted octanol–water partition coefficient (Wildman–Crippen LogP) is 2.44. The standard InChI is InChI=1S/C14H21N3O2S/c1-8(2)13(19)17-12(18)6-10(15)14(4,5)11-7-16-9(3)20-11/h7-8,15H,6H2,1-5H3,(H,17,18,19). The maximum absolute atomic E-state index is 11.8. The zero-order valence-corrected chi connectivity index (χ0v) is 13.4. The molecule has 0 bridgehead atoms. The Morgan fingerprint density at radius 3 is 2.50 bits per heavy atom. The van der Waals surface area contributed by atoms with Gasteiger partial charge in [-0.2, -0.15) is 0 Å². The van der Waals surface area contributed by atoms with Crippen LogP contribution in [0.15, 0.2) is 6.20 Å². The SMILES string of the molecule is Cc1ncc(C(C)(C)C(=N)CC(=O)NC(=O)C(C)C)s1. The Balaban J connectivity index is 2.71. The van der Waals surface area contributed by atoms with Crippen molar-refractivity contribution in [1.29, 1.82) is 5.41 Å². The molecule has 1 heterocycles. The highest BCUT2D eigenvalue weighted by molar-refractivity contribution is 7.11. The van der Waals surface area contributed by atoms with Gasteiger partial charge in [-0.1, -0.05) is 13.8 Å². The van der Waals surface area contributed by atoms with E-state index in [0.717, 1.165) is 9.88 Å². The van der Waals surface area contributed by atoms with Crippen molar-refractivity contribution in [3.8, 4) is 0 Å². The van der Waals surface area contributed by atoms with Crippen molar-refractivity contribution in [2.24, 2.45) is 5.92 Å². The molecule has 20 heavy (non-hydrogen) atoms. The van der Waals surface area contributed by atoms with Crippen LogP contribution in [0.4, 0.5) is 0 Å². The summed E-state index contributed by atoms with van der Waals surface area (Å²) in [5.74, 6) is -0.984. The molecule has 5 nitrogen and oxygen atoms in total. The quantitative estimate of drug-likeness (QED) is 0.818. The van der Waals surface area contributed by atoms with Gasteiger partial charge in [-0.25, -0.2) is 4.98 Å². The Labute approximate surface area is 123 Å². The first-order valence-corrected chi connectivity index (χ1v) is 7.30. The average Bonchev–Trinajstić information content (AvgIpc) is 2.75. The summed E-state index contributed by atoms with van der Waals surface area (Å²) in [7, 11) is 0. The molecule has 0 aliphatic rings.